The zero-order valence-electron chi connectivity index (χ0n) is 11.2. The van der Waals surface area contributed by atoms with Gasteiger partial charge in [0, 0.05) is 12.6 Å². The Balaban J connectivity index is 1.85. The molecule has 1 aliphatic carbocycles. The molecule has 0 spiro atoms. The van der Waals surface area contributed by atoms with E-state index in [-0.39, 0.29) is 0 Å². The minimum Gasteiger partial charge on any atom is -0.508 e. The van der Waals surface area contributed by atoms with Gasteiger partial charge >= 0.3 is 0 Å². The van der Waals surface area contributed by atoms with Crippen LogP contribution in [0.15, 0.2) is 18.2 Å². The lowest BCUT2D eigenvalue weighted by Crippen LogP contribution is -2.29. The van der Waals surface area contributed by atoms with Crippen molar-refractivity contribution in [2.75, 3.05) is 13.1 Å². The highest BCUT2D eigenvalue weighted by Crippen LogP contribution is 2.38. The highest BCUT2D eigenvalue weighted by atomic mass is 16.3. The first kappa shape index (κ1) is 12.0. The number of phenolic OH excluding ortho intramolecular Hbond substituents is 1. The third-order valence-corrected chi connectivity index (χ3v) is 4.75. The number of nitrogens with zero attached hydrogens (tertiary/aromatic N) is 1. The zero-order valence-corrected chi connectivity index (χ0v) is 11.2. The van der Waals surface area contributed by atoms with Crippen molar-refractivity contribution in [3.8, 4) is 5.75 Å². The standard InChI is InChI=1S/C16H23NO/c1-2-12-8-9-17(11-12)16-5-3-4-13-6-7-14(18)10-15(13)16/h6-7,10,12,16,18H,2-5,8-9,11H2,1H3. The van der Waals surface area contributed by atoms with Gasteiger partial charge in [0.05, 0.1) is 0 Å². The van der Waals surface area contributed by atoms with E-state index >= 15 is 0 Å². The van der Waals surface area contributed by atoms with Gasteiger partial charge in [-0.2, -0.15) is 0 Å². The molecule has 2 atom stereocenters. The lowest BCUT2D eigenvalue weighted by atomic mass is 9.86. The Morgan fingerprint density at radius 1 is 1.33 bits per heavy atom. The zero-order chi connectivity index (χ0) is 12.5. The van der Waals surface area contributed by atoms with Gasteiger partial charge in [-0.25, -0.2) is 0 Å². The molecule has 1 aromatic rings. The SMILES string of the molecule is CCC1CCN(C2CCCc3ccc(O)cc32)C1. The fourth-order valence-corrected chi connectivity index (χ4v) is 3.62. The lowest BCUT2D eigenvalue weighted by Gasteiger charge is -2.33. The molecule has 3 rings (SSSR count). The molecule has 0 amide bonds. The van der Waals surface area contributed by atoms with Crippen molar-refractivity contribution in [3.05, 3.63) is 29.3 Å². The van der Waals surface area contributed by atoms with Gasteiger partial charge in [-0.05, 0) is 61.4 Å². The fraction of sp³-hybridized carbons (Fsp3) is 0.625. The molecule has 1 aliphatic heterocycles. The van der Waals surface area contributed by atoms with Crippen LogP contribution in [0.25, 0.3) is 0 Å². The molecule has 2 aliphatic rings. The van der Waals surface area contributed by atoms with Gasteiger partial charge < -0.3 is 5.11 Å². The molecular weight excluding hydrogens is 222 g/mol. The molecule has 1 saturated heterocycles. The predicted molar refractivity (Wildman–Crippen MR) is 73.8 cm³/mol. The normalized spacial score (nSPS) is 28.3. The van der Waals surface area contributed by atoms with E-state index in [1.165, 1.54) is 56.3 Å². The Hall–Kier alpha value is -1.02. The second kappa shape index (κ2) is 4.93. The number of likely N-dealkylation sites (tertiary alicyclic amines) is 1. The number of rotatable bonds is 2. The Bertz CT molecular complexity index is 429. The Labute approximate surface area is 110 Å². The fourth-order valence-electron chi connectivity index (χ4n) is 3.62. The van der Waals surface area contributed by atoms with Crippen LogP contribution in [0.2, 0.25) is 0 Å². The van der Waals surface area contributed by atoms with Crippen LogP contribution >= 0.6 is 0 Å². The summed E-state index contributed by atoms with van der Waals surface area (Å²) in [6.07, 6.45) is 6.37. The van der Waals surface area contributed by atoms with Gasteiger partial charge in [0.2, 0.25) is 0 Å². The largest absolute Gasteiger partial charge is 0.508 e. The van der Waals surface area contributed by atoms with E-state index in [1.807, 2.05) is 12.1 Å². The van der Waals surface area contributed by atoms with Crippen LogP contribution in [0.5, 0.6) is 5.75 Å². The number of aryl methyl sites for hydroxylation is 1. The second-order valence-corrected chi connectivity index (χ2v) is 5.85. The molecular formula is C16H23NO. The smallest absolute Gasteiger partial charge is 0.115 e. The van der Waals surface area contributed by atoms with E-state index in [0.717, 1.165) is 5.92 Å². The van der Waals surface area contributed by atoms with Gasteiger partial charge in [-0.15, -0.1) is 0 Å². The van der Waals surface area contributed by atoms with Crippen LogP contribution < -0.4 is 0 Å². The Kier molecular flexibility index (Phi) is 3.29. The van der Waals surface area contributed by atoms with Crippen molar-refractivity contribution in [1.82, 2.24) is 4.90 Å². The van der Waals surface area contributed by atoms with Crippen LogP contribution in [0.3, 0.4) is 0 Å². The molecule has 1 N–H and O–H groups in total. The van der Waals surface area contributed by atoms with E-state index < -0.39 is 0 Å². The molecule has 1 heterocycles. The molecule has 98 valence electrons. The summed E-state index contributed by atoms with van der Waals surface area (Å²) in [6, 6.07) is 6.50. The molecule has 0 aromatic heterocycles. The predicted octanol–water partition coefficient (Wildman–Crippen LogP) is 3.50. The number of fused-ring (bicyclic) bond motifs is 1. The third-order valence-electron chi connectivity index (χ3n) is 4.75. The quantitative estimate of drug-likeness (QED) is 0.862. The van der Waals surface area contributed by atoms with E-state index in [9.17, 15) is 5.11 Å². The minimum atomic E-state index is 0.423. The number of hydrogen-bond donors (Lipinski definition) is 1. The summed E-state index contributed by atoms with van der Waals surface area (Å²) in [6.45, 7) is 4.78. The van der Waals surface area contributed by atoms with Crippen molar-refractivity contribution in [3.63, 3.8) is 0 Å². The highest BCUT2D eigenvalue weighted by molar-refractivity contribution is 5.38. The maximum Gasteiger partial charge on any atom is 0.115 e. The first-order valence-corrected chi connectivity index (χ1v) is 7.33. The molecule has 18 heavy (non-hydrogen) atoms. The van der Waals surface area contributed by atoms with Crippen LogP contribution in [-0.2, 0) is 6.42 Å². The van der Waals surface area contributed by atoms with Crippen LogP contribution in [0, 0.1) is 5.92 Å². The van der Waals surface area contributed by atoms with Crippen LogP contribution in [0.1, 0.15) is 49.8 Å². The van der Waals surface area contributed by atoms with Crippen molar-refractivity contribution in [2.24, 2.45) is 5.92 Å². The molecule has 2 nitrogen and oxygen atoms in total. The minimum absolute atomic E-state index is 0.423. The Morgan fingerprint density at radius 3 is 3.00 bits per heavy atom. The van der Waals surface area contributed by atoms with Gasteiger partial charge in [0.25, 0.3) is 0 Å². The summed E-state index contributed by atoms with van der Waals surface area (Å²) in [5.41, 5.74) is 2.84. The average molecular weight is 245 g/mol. The summed E-state index contributed by atoms with van der Waals surface area (Å²) in [5, 5.41) is 9.73. The average Bonchev–Trinajstić information content (AvgIpc) is 2.86. The van der Waals surface area contributed by atoms with Crippen LogP contribution in [-0.4, -0.2) is 23.1 Å². The molecule has 2 unspecified atom stereocenters. The molecule has 2 heteroatoms. The first-order chi connectivity index (χ1) is 8.78. The maximum atomic E-state index is 9.73. The number of phenols is 1. The van der Waals surface area contributed by atoms with Gasteiger partial charge in [-0.1, -0.05) is 19.4 Å². The molecule has 0 radical (unpaired) electrons. The summed E-state index contributed by atoms with van der Waals surface area (Å²) in [5.74, 6) is 1.31. The highest BCUT2D eigenvalue weighted by Gasteiger charge is 2.31. The van der Waals surface area contributed by atoms with E-state index in [2.05, 4.69) is 17.9 Å². The van der Waals surface area contributed by atoms with Gasteiger partial charge in [0.15, 0.2) is 0 Å². The summed E-state index contributed by atoms with van der Waals surface area (Å²) < 4.78 is 0. The first-order valence-electron chi connectivity index (χ1n) is 7.33. The van der Waals surface area contributed by atoms with Crippen LogP contribution in [0.4, 0.5) is 0 Å². The maximum absolute atomic E-state index is 9.73. The molecule has 0 bridgehead atoms. The molecule has 0 saturated carbocycles. The molecule has 1 fully saturated rings. The van der Waals surface area contributed by atoms with Crippen molar-refractivity contribution < 1.29 is 5.11 Å². The number of benzene rings is 1. The lowest BCUT2D eigenvalue weighted by molar-refractivity contribution is 0.212. The molecule has 1 aromatic carbocycles. The van der Waals surface area contributed by atoms with Gasteiger partial charge in [-0.3, -0.25) is 4.90 Å². The monoisotopic (exact) mass is 245 g/mol. The topological polar surface area (TPSA) is 23.5 Å². The van der Waals surface area contributed by atoms with Gasteiger partial charge in [0.1, 0.15) is 5.75 Å². The Morgan fingerprint density at radius 2 is 2.22 bits per heavy atom. The summed E-state index contributed by atoms with van der Waals surface area (Å²) >= 11 is 0. The summed E-state index contributed by atoms with van der Waals surface area (Å²) in [7, 11) is 0. The second-order valence-electron chi connectivity index (χ2n) is 5.85. The summed E-state index contributed by atoms with van der Waals surface area (Å²) in [4.78, 5) is 2.64. The van der Waals surface area contributed by atoms with Crippen molar-refractivity contribution in [1.29, 1.82) is 0 Å². The van der Waals surface area contributed by atoms with E-state index in [4.69, 9.17) is 0 Å². The van der Waals surface area contributed by atoms with Crippen molar-refractivity contribution >= 4 is 0 Å². The van der Waals surface area contributed by atoms with E-state index in [0.29, 0.717) is 11.8 Å². The number of hydrogen-bond acceptors (Lipinski definition) is 2. The third kappa shape index (κ3) is 2.14. The van der Waals surface area contributed by atoms with Crippen molar-refractivity contribution in [2.45, 2.75) is 45.1 Å². The van der Waals surface area contributed by atoms with E-state index in [1.54, 1.807) is 0 Å². The number of aromatic hydroxyl groups is 1.